The van der Waals surface area contributed by atoms with E-state index in [2.05, 4.69) is 21.3 Å². The van der Waals surface area contributed by atoms with Crippen molar-refractivity contribution in [3.05, 3.63) is 46.3 Å². The first-order valence-electron chi connectivity index (χ1n) is 13.7. The minimum absolute atomic E-state index is 0.0623. The molecule has 4 amide bonds. The lowest BCUT2D eigenvalue weighted by Crippen LogP contribution is -2.59. The average Bonchev–Trinajstić information content (AvgIpc) is 2.95. The maximum absolute atomic E-state index is 13.2. The maximum atomic E-state index is 13.2. The minimum Gasteiger partial charge on any atom is -0.481 e. The smallest absolute Gasteiger partial charge is 0.341 e. The Bertz CT molecular complexity index is 1500. The van der Waals surface area contributed by atoms with Gasteiger partial charge in [0.2, 0.25) is 23.6 Å². The van der Waals surface area contributed by atoms with Crippen LogP contribution in [-0.4, -0.2) is 81.0 Å². The van der Waals surface area contributed by atoms with E-state index in [1.165, 1.54) is 19.9 Å². The Morgan fingerprint density at radius 3 is 2.02 bits per heavy atom. The summed E-state index contributed by atoms with van der Waals surface area (Å²) in [6.07, 6.45) is -2.65. The highest BCUT2D eigenvalue weighted by molar-refractivity contribution is 5.96. The van der Waals surface area contributed by atoms with E-state index < -0.39 is 103 Å². The summed E-state index contributed by atoms with van der Waals surface area (Å²) in [5.74, 6) is -8.78. The van der Waals surface area contributed by atoms with Crippen LogP contribution < -0.4 is 32.6 Å². The number of hydrogen-bond donors (Lipinski definition) is 8. The van der Waals surface area contributed by atoms with E-state index in [1.54, 1.807) is 24.3 Å². The van der Waals surface area contributed by atoms with Crippen molar-refractivity contribution in [2.24, 2.45) is 11.7 Å². The number of carbonyl (C=O) groups is 7. The van der Waals surface area contributed by atoms with E-state index in [0.29, 0.717) is 11.0 Å². The van der Waals surface area contributed by atoms with E-state index in [0.717, 1.165) is 0 Å². The predicted molar refractivity (Wildman–Crippen MR) is 154 cm³/mol. The standard InChI is InChI=1S/C28H35N5O12/c1-13(2)23(33-26(42)17(7-8-20(34)35)31-24(40)16(29)10-21(36)37)27(43)32-18(11-22(38)39)25(41)30-12-15-9-14-5-3-4-6-19(14)45-28(15)44/h3-6,9,13,16-18,23H,7-8,10-12,29H2,1-2H3,(H,30,41)(H,31,40)(H,32,43)(H,33,42)(H,34,35)(H,36,37)(H,38,39)/t16-,17-,18-,23-/m0/s1. The molecule has 2 aromatic rings. The van der Waals surface area contributed by atoms with Gasteiger partial charge < -0.3 is 46.7 Å². The van der Waals surface area contributed by atoms with Gasteiger partial charge in [0.25, 0.3) is 0 Å². The topological polar surface area (TPSA) is 285 Å². The number of carboxylic acids is 3. The van der Waals surface area contributed by atoms with E-state index in [-0.39, 0.29) is 12.1 Å². The first-order chi connectivity index (χ1) is 21.1. The van der Waals surface area contributed by atoms with Crippen LogP contribution in [0.1, 0.15) is 45.1 Å². The van der Waals surface area contributed by atoms with E-state index in [1.807, 2.05) is 0 Å². The third kappa shape index (κ3) is 11.4. The van der Waals surface area contributed by atoms with Gasteiger partial charge in [-0.1, -0.05) is 32.0 Å². The third-order valence-electron chi connectivity index (χ3n) is 6.44. The number of rotatable bonds is 17. The molecule has 0 saturated carbocycles. The summed E-state index contributed by atoms with van der Waals surface area (Å²) in [6, 6.07) is 2.01. The predicted octanol–water partition coefficient (Wildman–Crippen LogP) is -1.34. The van der Waals surface area contributed by atoms with Crippen LogP contribution in [0, 0.1) is 5.92 Å². The van der Waals surface area contributed by atoms with Crippen LogP contribution in [0.25, 0.3) is 11.0 Å². The summed E-state index contributed by atoms with van der Waals surface area (Å²) in [7, 11) is 0. The Hall–Kier alpha value is -5.32. The average molecular weight is 634 g/mol. The van der Waals surface area contributed by atoms with Gasteiger partial charge in [-0.15, -0.1) is 0 Å². The lowest BCUT2D eigenvalue weighted by molar-refractivity contribution is -0.142. The highest BCUT2D eigenvalue weighted by Crippen LogP contribution is 2.13. The van der Waals surface area contributed by atoms with E-state index in [9.17, 15) is 43.5 Å². The van der Waals surface area contributed by atoms with Crippen LogP contribution in [0.4, 0.5) is 0 Å². The molecule has 0 unspecified atom stereocenters. The molecular weight excluding hydrogens is 598 g/mol. The Balaban J connectivity index is 2.18. The van der Waals surface area contributed by atoms with Gasteiger partial charge in [-0.05, 0) is 24.5 Å². The summed E-state index contributed by atoms with van der Waals surface area (Å²) in [6.45, 7) is 2.68. The molecule has 45 heavy (non-hydrogen) atoms. The number of hydrogen-bond acceptors (Lipinski definition) is 10. The zero-order chi connectivity index (χ0) is 33.8. The molecule has 0 aliphatic heterocycles. The molecule has 1 heterocycles. The first-order valence-corrected chi connectivity index (χ1v) is 13.7. The lowest BCUT2D eigenvalue weighted by Gasteiger charge is -2.27. The number of para-hydroxylation sites is 1. The van der Waals surface area contributed by atoms with Gasteiger partial charge in [0.1, 0.15) is 23.7 Å². The molecule has 244 valence electrons. The Morgan fingerprint density at radius 2 is 1.42 bits per heavy atom. The fourth-order valence-corrected chi connectivity index (χ4v) is 4.06. The van der Waals surface area contributed by atoms with Gasteiger partial charge >= 0.3 is 23.5 Å². The van der Waals surface area contributed by atoms with Crippen molar-refractivity contribution in [3.63, 3.8) is 0 Å². The number of carboxylic acid groups (broad SMARTS) is 3. The fraction of sp³-hybridized carbons (Fsp3) is 0.429. The summed E-state index contributed by atoms with van der Waals surface area (Å²) in [5, 5.41) is 37.0. The molecule has 0 aliphatic rings. The van der Waals surface area contributed by atoms with Gasteiger partial charge in [-0.2, -0.15) is 0 Å². The highest BCUT2D eigenvalue weighted by atomic mass is 16.4. The van der Waals surface area contributed by atoms with Gasteiger partial charge in [0, 0.05) is 11.8 Å². The number of amides is 4. The zero-order valence-electron chi connectivity index (χ0n) is 24.4. The molecule has 2 rings (SSSR count). The summed E-state index contributed by atoms with van der Waals surface area (Å²) in [5.41, 5.74) is 5.18. The molecule has 0 fully saturated rings. The highest BCUT2D eigenvalue weighted by Gasteiger charge is 2.33. The fourth-order valence-electron chi connectivity index (χ4n) is 4.06. The Morgan fingerprint density at radius 1 is 0.800 bits per heavy atom. The van der Waals surface area contributed by atoms with Gasteiger partial charge in [-0.3, -0.25) is 33.6 Å². The zero-order valence-corrected chi connectivity index (χ0v) is 24.4. The van der Waals surface area contributed by atoms with Crippen LogP contribution in [-0.2, 0) is 40.1 Å². The van der Waals surface area contributed by atoms with E-state index in [4.69, 9.17) is 20.4 Å². The number of aliphatic carboxylic acids is 3. The number of nitrogens with one attached hydrogen (secondary N) is 4. The molecule has 0 spiro atoms. The second-order valence-corrected chi connectivity index (χ2v) is 10.4. The molecule has 4 atom stereocenters. The van der Waals surface area contributed by atoms with Crippen molar-refractivity contribution in [1.29, 1.82) is 0 Å². The maximum Gasteiger partial charge on any atom is 0.341 e. The molecule has 0 saturated heterocycles. The second kappa shape index (κ2) is 16.5. The number of fused-ring (bicyclic) bond motifs is 1. The molecule has 0 radical (unpaired) electrons. The molecule has 17 heteroatoms. The molecule has 17 nitrogen and oxygen atoms in total. The number of carbonyl (C=O) groups excluding carboxylic acids is 4. The molecule has 0 bridgehead atoms. The van der Waals surface area contributed by atoms with Crippen molar-refractivity contribution >= 4 is 52.5 Å². The Labute approximate surface area is 255 Å². The quantitative estimate of drug-likeness (QED) is 0.0938. The molecule has 1 aromatic heterocycles. The van der Waals surface area contributed by atoms with Crippen molar-refractivity contribution in [1.82, 2.24) is 21.3 Å². The molecule has 1 aromatic carbocycles. The Kier molecular flexibility index (Phi) is 13.2. The van der Waals surface area contributed by atoms with Crippen molar-refractivity contribution < 1.29 is 53.3 Å². The largest absolute Gasteiger partial charge is 0.481 e. The first kappa shape index (κ1) is 35.9. The lowest BCUT2D eigenvalue weighted by atomic mass is 10.0. The third-order valence-corrected chi connectivity index (χ3v) is 6.44. The number of benzene rings is 1. The second-order valence-electron chi connectivity index (χ2n) is 10.4. The van der Waals surface area contributed by atoms with Crippen LogP contribution >= 0.6 is 0 Å². The van der Waals surface area contributed by atoms with Crippen molar-refractivity contribution in [3.8, 4) is 0 Å². The van der Waals surface area contributed by atoms with Crippen LogP contribution in [0.5, 0.6) is 0 Å². The normalized spacial score (nSPS) is 13.6. The van der Waals surface area contributed by atoms with Gasteiger partial charge in [0.05, 0.1) is 31.0 Å². The van der Waals surface area contributed by atoms with Crippen molar-refractivity contribution in [2.75, 3.05) is 0 Å². The minimum atomic E-state index is -1.64. The van der Waals surface area contributed by atoms with E-state index >= 15 is 0 Å². The monoisotopic (exact) mass is 633 g/mol. The SMILES string of the molecule is CC(C)[C@H](NC(=O)[C@H](CCC(=O)O)NC(=O)[C@@H](N)CC(=O)O)C(=O)N[C@@H](CC(=O)O)C(=O)NCc1cc2ccccc2oc1=O. The number of nitrogens with two attached hydrogens (primary N) is 1. The molecule has 0 aliphatic carbocycles. The van der Waals surface area contributed by atoms with Crippen molar-refractivity contribution in [2.45, 2.75) is 70.2 Å². The van der Waals surface area contributed by atoms with Crippen LogP contribution in [0.15, 0.2) is 39.5 Å². The van der Waals surface area contributed by atoms with Gasteiger partial charge in [-0.25, -0.2) is 4.79 Å². The molecule has 9 N–H and O–H groups in total. The van der Waals surface area contributed by atoms with Crippen LogP contribution in [0.2, 0.25) is 0 Å². The summed E-state index contributed by atoms with van der Waals surface area (Å²) in [4.78, 5) is 97.3. The summed E-state index contributed by atoms with van der Waals surface area (Å²) >= 11 is 0. The molecular formula is C28H35N5O12. The summed E-state index contributed by atoms with van der Waals surface area (Å²) < 4.78 is 5.21. The van der Waals surface area contributed by atoms with Crippen LogP contribution in [0.3, 0.4) is 0 Å². The van der Waals surface area contributed by atoms with Gasteiger partial charge in [0.15, 0.2) is 0 Å².